The fourth-order valence-electron chi connectivity index (χ4n) is 2.50. The molecule has 3 nitrogen and oxygen atoms in total. The van der Waals surface area contributed by atoms with Crippen molar-refractivity contribution in [1.82, 2.24) is 9.36 Å². The van der Waals surface area contributed by atoms with Crippen LogP contribution < -0.4 is 5.32 Å². The number of aromatic nitrogens is 2. The molecule has 0 radical (unpaired) electrons. The van der Waals surface area contributed by atoms with Crippen molar-refractivity contribution in [2.24, 2.45) is 5.92 Å². The van der Waals surface area contributed by atoms with Gasteiger partial charge >= 0.3 is 0 Å². The summed E-state index contributed by atoms with van der Waals surface area (Å²) in [6, 6.07) is 11.1. The van der Waals surface area contributed by atoms with Crippen molar-refractivity contribution in [2.75, 3.05) is 5.32 Å². The molecule has 0 aliphatic heterocycles. The number of nitrogens with zero attached hydrogens (tertiary/aromatic N) is 2. The van der Waals surface area contributed by atoms with Gasteiger partial charge in [0.25, 0.3) is 0 Å². The molecule has 1 aromatic heterocycles. The van der Waals surface area contributed by atoms with Gasteiger partial charge < -0.3 is 5.32 Å². The van der Waals surface area contributed by atoms with Crippen molar-refractivity contribution in [2.45, 2.75) is 37.6 Å². The van der Waals surface area contributed by atoms with Gasteiger partial charge in [-0.2, -0.15) is 4.37 Å². The standard InChI is InChI=1S/C15H17N3S/c1-2-4-10(5-3-1)13(11-6-7-11)16-15-17-14(18-19-15)12-8-9-12/h1-5,11-13H,6-9H2,(H,16,17,18). The van der Waals surface area contributed by atoms with Gasteiger partial charge in [0.15, 0.2) is 0 Å². The maximum Gasteiger partial charge on any atom is 0.203 e. The Morgan fingerprint density at radius 1 is 1.11 bits per heavy atom. The Bertz CT molecular complexity index is 558. The lowest BCUT2D eigenvalue weighted by atomic mass is 10.0. The third kappa shape index (κ3) is 2.50. The fourth-order valence-corrected chi connectivity index (χ4v) is 3.18. The first kappa shape index (κ1) is 11.4. The summed E-state index contributed by atoms with van der Waals surface area (Å²) in [5.41, 5.74) is 1.37. The van der Waals surface area contributed by atoms with E-state index in [1.54, 1.807) is 0 Å². The zero-order valence-corrected chi connectivity index (χ0v) is 11.6. The monoisotopic (exact) mass is 271 g/mol. The van der Waals surface area contributed by atoms with E-state index >= 15 is 0 Å². The van der Waals surface area contributed by atoms with Crippen LogP contribution >= 0.6 is 11.5 Å². The van der Waals surface area contributed by atoms with E-state index in [1.165, 1.54) is 42.8 Å². The zero-order chi connectivity index (χ0) is 12.7. The Kier molecular flexibility index (Phi) is 2.76. The van der Waals surface area contributed by atoms with Gasteiger partial charge in [0.05, 0.1) is 6.04 Å². The number of nitrogens with one attached hydrogen (secondary N) is 1. The quantitative estimate of drug-likeness (QED) is 0.894. The van der Waals surface area contributed by atoms with E-state index in [9.17, 15) is 0 Å². The second kappa shape index (κ2) is 4.60. The summed E-state index contributed by atoms with van der Waals surface area (Å²) in [7, 11) is 0. The Morgan fingerprint density at radius 3 is 2.58 bits per heavy atom. The van der Waals surface area contributed by atoms with Gasteiger partial charge in [-0.15, -0.1) is 0 Å². The van der Waals surface area contributed by atoms with Crippen LogP contribution in [0.5, 0.6) is 0 Å². The van der Waals surface area contributed by atoms with E-state index in [1.807, 2.05) is 0 Å². The van der Waals surface area contributed by atoms with E-state index < -0.39 is 0 Å². The van der Waals surface area contributed by atoms with Gasteiger partial charge in [-0.3, -0.25) is 0 Å². The minimum absolute atomic E-state index is 0.404. The van der Waals surface area contributed by atoms with Crippen molar-refractivity contribution in [3.8, 4) is 0 Å². The van der Waals surface area contributed by atoms with E-state index in [-0.39, 0.29) is 0 Å². The predicted octanol–water partition coefficient (Wildman–Crippen LogP) is 3.98. The number of hydrogen-bond acceptors (Lipinski definition) is 4. The second-order valence-corrected chi connectivity index (χ2v) is 6.35. The first-order valence-corrected chi connectivity index (χ1v) is 7.82. The lowest BCUT2D eigenvalue weighted by molar-refractivity contribution is 0.677. The largest absolute Gasteiger partial charge is 0.353 e. The van der Waals surface area contributed by atoms with Crippen LogP contribution in [0.4, 0.5) is 5.13 Å². The molecule has 0 saturated heterocycles. The third-order valence-corrected chi connectivity index (χ3v) is 4.58. The summed E-state index contributed by atoms with van der Waals surface area (Å²) in [5.74, 6) is 2.45. The molecule has 0 spiro atoms. The number of rotatable bonds is 5. The Hall–Kier alpha value is -1.42. The van der Waals surface area contributed by atoms with Crippen molar-refractivity contribution in [3.63, 3.8) is 0 Å². The summed E-state index contributed by atoms with van der Waals surface area (Å²) in [4.78, 5) is 4.64. The van der Waals surface area contributed by atoms with E-state index in [0.29, 0.717) is 12.0 Å². The normalized spacial score (nSPS) is 20.2. The Labute approximate surface area is 117 Å². The molecule has 98 valence electrons. The average Bonchev–Trinajstić information content (AvgIpc) is 3.37. The van der Waals surface area contributed by atoms with Gasteiger partial charge in [0, 0.05) is 17.5 Å². The lowest BCUT2D eigenvalue weighted by Gasteiger charge is -2.17. The minimum atomic E-state index is 0.404. The van der Waals surface area contributed by atoms with Gasteiger partial charge in [0.1, 0.15) is 5.82 Å². The fraction of sp³-hybridized carbons (Fsp3) is 0.467. The van der Waals surface area contributed by atoms with Crippen LogP contribution in [0.15, 0.2) is 30.3 Å². The highest BCUT2D eigenvalue weighted by atomic mass is 32.1. The molecule has 4 rings (SSSR count). The third-order valence-electron chi connectivity index (χ3n) is 3.92. The number of hydrogen-bond donors (Lipinski definition) is 1. The maximum atomic E-state index is 4.64. The molecule has 2 saturated carbocycles. The lowest BCUT2D eigenvalue weighted by Crippen LogP contribution is -2.12. The van der Waals surface area contributed by atoms with Crippen LogP contribution in [-0.4, -0.2) is 9.36 Å². The molecule has 1 N–H and O–H groups in total. The van der Waals surface area contributed by atoms with Crippen molar-refractivity contribution < 1.29 is 0 Å². The molecule has 4 heteroatoms. The van der Waals surface area contributed by atoms with Crippen LogP contribution in [0, 0.1) is 5.92 Å². The summed E-state index contributed by atoms with van der Waals surface area (Å²) in [5, 5.41) is 4.59. The molecular weight excluding hydrogens is 254 g/mol. The molecule has 0 bridgehead atoms. The molecule has 2 aliphatic carbocycles. The topological polar surface area (TPSA) is 37.8 Å². The SMILES string of the molecule is c1ccc(C(Nc2nc(C3CC3)ns2)C2CC2)cc1. The summed E-state index contributed by atoms with van der Waals surface area (Å²) < 4.78 is 4.47. The average molecular weight is 271 g/mol. The number of anilines is 1. The van der Waals surface area contributed by atoms with Crippen molar-refractivity contribution in [3.05, 3.63) is 41.7 Å². The van der Waals surface area contributed by atoms with Crippen LogP contribution in [-0.2, 0) is 0 Å². The molecule has 1 unspecified atom stereocenters. The summed E-state index contributed by atoms with van der Waals surface area (Å²) in [6.45, 7) is 0. The van der Waals surface area contributed by atoms with Crippen LogP contribution in [0.2, 0.25) is 0 Å². The van der Waals surface area contributed by atoms with E-state index in [4.69, 9.17) is 0 Å². The van der Waals surface area contributed by atoms with Crippen molar-refractivity contribution >= 4 is 16.7 Å². The first-order valence-electron chi connectivity index (χ1n) is 7.05. The molecule has 1 aromatic carbocycles. The highest BCUT2D eigenvalue weighted by Crippen LogP contribution is 2.44. The zero-order valence-electron chi connectivity index (χ0n) is 10.7. The van der Waals surface area contributed by atoms with Gasteiger partial charge in [0.2, 0.25) is 5.13 Å². The van der Waals surface area contributed by atoms with E-state index in [2.05, 4.69) is 45.0 Å². The number of benzene rings is 1. The predicted molar refractivity (Wildman–Crippen MR) is 77.4 cm³/mol. The molecule has 1 atom stereocenters. The van der Waals surface area contributed by atoms with Crippen LogP contribution in [0.1, 0.15) is 49.0 Å². The van der Waals surface area contributed by atoms with Gasteiger partial charge in [-0.1, -0.05) is 30.3 Å². The minimum Gasteiger partial charge on any atom is -0.353 e. The highest BCUT2D eigenvalue weighted by molar-refractivity contribution is 7.09. The van der Waals surface area contributed by atoms with Gasteiger partial charge in [-0.25, -0.2) is 4.98 Å². The van der Waals surface area contributed by atoms with Crippen molar-refractivity contribution in [1.29, 1.82) is 0 Å². The highest BCUT2D eigenvalue weighted by Gasteiger charge is 2.33. The molecule has 2 fully saturated rings. The van der Waals surface area contributed by atoms with Crippen LogP contribution in [0.3, 0.4) is 0 Å². The first-order chi connectivity index (χ1) is 9.40. The smallest absolute Gasteiger partial charge is 0.203 e. The van der Waals surface area contributed by atoms with Crippen LogP contribution in [0.25, 0.3) is 0 Å². The maximum absolute atomic E-state index is 4.64. The second-order valence-electron chi connectivity index (χ2n) is 5.60. The molecule has 0 amide bonds. The van der Waals surface area contributed by atoms with Gasteiger partial charge in [-0.05, 0) is 37.2 Å². The summed E-state index contributed by atoms with van der Waals surface area (Å²) >= 11 is 1.51. The summed E-state index contributed by atoms with van der Waals surface area (Å²) in [6.07, 6.45) is 5.17. The van der Waals surface area contributed by atoms with E-state index in [0.717, 1.165) is 16.9 Å². The molecule has 2 aromatic rings. The molecular formula is C15H17N3S. The molecule has 19 heavy (non-hydrogen) atoms. The molecule has 1 heterocycles. The molecule has 2 aliphatic rings. The Morgan fingerprint density at radius 2 is 1.89 bits per heavy atom. The Balaban J connectivity index is 1.54.